The molecule has 0 heterocycles. The van der Waals surface area contributed by atoms with E-state index >= 15 is 0 Å². The molecular formula is C19H23N3O3S. The van der Waals surface area contributed by atoms with Crippen molar-refractivity contribution in [2.45, 2.75) is 43.5 Å². The molecule has 0 bridgehead atoms. The van der Waals surface area contributed by atoms with Crippen LogP contribution in [0.25, 0.3) is 0 Å². The van der Waals surface area contributed by atoms with Crippen LogP contribution in [-0.4, -0.2) is 20.4 Å². The molecule has 1 saturated carbocycles. The predicted molar refractivity (Wildman–Crippen MR) is 103 cm³/mol. The highest BCUT2D eigenvalue weighted by atomic mass is 32.2. The van der Waals surface area contributed by atoms with Crippen LogP contribution in [0, 0.1) is 6.92 Å². The van der Waals surface area contributed by atoms with Gasteiger partial charge in [-0.3, -0.25) is 4.79 Å². The smallest absolute Gasteiger partial charge is 0.255 e. The number of hydrogen-bond donors (Lipinski definition) is 3. The van der Waals surface area contributed by atoms with E-state index in [0.29, 0.717) is 11.4 Å². The Hall–Kier alpha value is -2.38. The van der Waals surface area contributed by atoms with E-state index in [1.54, 1.807) is 24.3 Å². The molecule has 1 aliphatic rings. The summed E-state index contributed by atoms with van der Waals surface area (Å²) >= 11 is 0. The molecule has 138 valence electrons. The first-order chi connectivity index (χ1) is 12.3. The lowest BCUT2D eigenvalue weighted by molar-refractivity contribution is 0.102. The Morgan fingerprint density at radius 3 is 2.58 bits per heavy atom. The van der Waals surface area contributed by atoms with Gasteiger partial charge < -0.3 is 11.1 Å². The molecule has 0 aliphatic heterocycles. The molecule has 1 fully saturated rings. The van der Waals surface area contributed by atoms with Gasteiger partial charge in [0.15, 0.2) is 0 Å². The standard InChI is InChI=1S/C19H23N3O3S/c1-13-9-10-15(20)12-18(13)21-19(23)14-5-4-8-17(11-14)26(24,25)22-16-6-2-3-7-16/h4-5,8-12,16,22H,2-3,6-7,20H2,1H3,(H,21,23). The van der Waals surface area contributed by atoms with Gasteiger partial charge in [-0.15, -0.1) is 0 Å². The van der Waals surface area contributed by atoms with E-state index in [2.05, 4.69) is 10.0 Å². The van der Waals surface area contributed by atoms with Crippen LogP contribution in [0.3, 0.4) is 0 Å². The van der Waals surface area contributed by atoms with Gasteiger partial charge in [-0.2, -0.15) is 0 Å². The highest BCUT2D eigenvalue weighted by Crippen LogP contribution is 2.22. The Bertz CT molecular complexity index is 919. The van der Waals surface area contributed by atoms with Crippen LogP contribution in [0.2, 0.25) is 0 Å². The summed E-state index contributed by atoms with van der Waals surface area (Å²) in [7, 11) is -3.64. The molecule has 2 aromatic rings. The summed E-state index contributed by atoms with van der Waals surface area (Å²) in [4.78, 5) is 12.6. The normalized spacial score (nSPS) is 15.1. The van der Waals surface area contributed by atoms with E-state index in [1.165, 1.54) is 12.1 Å². The number of aryl methyl sites for hydroxylation is 1. The lowest BCUT2D eigenvalue weighted by Gasteiger charge is -2.13. The second-order valence-electron chi connectivity index (χ2n) is 6.66. The number of nitrogens with one attached hydrogen (secondary N) is 2. The summed E-state index contributed by atoms with van der Waals surface area (Å²) in [5.74, 6) is -0.378. The number of amides is 1. The van der Waals surface area contributed by atoms with E-state index in [0.717, 1.165) is 31.2 Å². The van der Waals surface area contributed by atoms with Crippen LogP contribution in [0.1, 0.15) is 41.6 Å². The van der Waals surface area contributed by atoms with Gasteiger partial charge in [0, 0.05) is 23.0 Å². The van der Waals surface area contributed by atoms with Gasteiger partial charge in [-0.05, 0) is 55.7 Å². The molecule has 0 radical (unpaired) electrons. The number of benzene rings is 2. The van der Waals surface area contributed by atoms with Crippen LogP contribution in [0.5, 0.6) is 0 Å². The van der Waals surface area contributed by atoms with Gasteiger partial charge in [0.1, 0.15) is 0 Å². The molecule has 0 saturated heterocycles. The summed E-state index contributed by atoms with van der Waals surface area (Å²) in [5.41, 5.74) is 8.06. The van der Waals surface area contributed by atoms with E-state index in [-0.39, 0.29) is 22.4 Å². The minimum absolute atomic E-state index is 0.0209. The van der Waals surface area contributed by atoms with Crippen molar-refractivity contribution in [1.29, 1.82) is 0 Å². The maximum Gasteiger partial charge on any atom is 0.255 e. The van der Waals surface area contributed by atoms with Gasteiger partial charge in [-0.25, -0.2) is 13.1 Å². The minimum atomic E-state index is -3.64. The third-order valence-corrected chi connectivity index (χ3v) is 6.11. The Balaban J connectivity index is 1.79. The van der Waals surface area contributed by atoms with Crippen molar-refractivity contribution >= 4 is 27.3 Å². The van der Waals surface area contributed by atoms with Crippen molar-refractivity contribution in [3.05, 3.63) is 53.6 Å². The fourth-order valence-electron chi connectivity index (χ4n) is 3.10. The second kappa shape index (κ2) is 7.47. The van der Waals surface area contributed by atoms with E-state index < -0.39 is 10.0 Å². The van der Waals surface area contributed by atoms with Gasteiger partial charge in [-0.1, -0.05) is 25.0 Å². The van der Waals surface area contributed by atoms with Crippen molar-refractivity contribution in [2.24, 2.45) is 0 Å². The first-order valence-electron chi connectivity index (χ1n) is 8.65. The van der Waals surface area contributed by atoms with Crippen LogP contribution < -0.4 is 15.8 Å². The number of sulfonamides is 1. The summed E-state index contributed by atoms with van der Waals surface area (Å²) < 4.78 is 27.8. The summed E-state index contributed by atoms with van der Waals surface area (Å²) in [6, 6.07) is 11.3. The van der Waals surface area contributed by atoms with E-state index in [9.17, 15) is 13.2 Å². The van der Waals surface area contributed by atoms with Crippen LogP contribution >= 0.6 is 0 Å². The molecule has 6 nitrogen and oxygen atoms in total. The summed E-state index contributed by atoms with van der Waals surface area (Å²) in [6.07, 6.45) is 3.78. The van der Waals surface area contributed by atoms with Gasteiger partial charge in [0.05, 0.1) is 4.90 Å². The lowest BCUT2D eigenvalue weighted by Crippen LogP contribution is -2.32. The van der Waals surface area contributed by atoms with Crippen LogP contribution in [-0.2, 0) is 10.0 Å². The molecule has 2 aromatic carbocycles. The van der Waals surface area contributed by atoms with Gasteiger partial charge in [0.2, 0.25) is 10.0 Å². The molecule has 0 spiro atoms. The number of carbonyl (C=O) groups excluding carboxylic acids is 1. The Morgan fingerprint density at radius 1 is 1.12 bits per heavy atom. The molecule has 0 unspecified atom stereocenters. The van der Waals surface area contributed by atoms with Crippen molar-refractivity contribution in [1.82, 2.24) is 4.72 Å². The molecule has 3 rings (SSSR count). The van der Waals surface area contributed by atoms with Crippen molar-refractivity contribution in [3.8, 4) is 0 Å². The largest absolute Gasteiger partial charge is 0.399 e. The highest BCUT2D eigenvalue weighted by Gasteiger charge is 2.23. The topological polar surface area (TPSA) is 101 Å². The fourth-order valence-corrected chi connectivity index (χ4v) is 4.45. The monoisotopic (exact) mass is 373 g/mol. The second-order valence-corrected chi connectivity index (χ2v) is 8.37. The first-order valence-corrected chi connectivity index (χ1v) is 10.1. The highest BCUT2D eigenvalue weighted by molar-refractivity contribution is 7.89. The number of nitrogens with two attached hydrogens (primary N) is 1. The first kappa shape index (κ1) is 18.4. The molecule has 0 aromatic heterocycles. The van der Waals surface area contributed by atoms with Crippen LogP contribution in [0.15, 0.2) is 47.4 Å². The summed E-state index contributed by atoms with van der Waals surface area (Å²) in [5, 5.41) is 2.78. The van der Waals surface area contributed by atoms with E-state index in [1.807, 2.05) is 13.0 Å². The zero-order valence-corrected chi connectivity index (χ0v) is 15.5. The average Bonchev–Trinajstić information content (AvgIpc) is 3.10. The Morgan fingerprint density at radius 2 is 1.85 bits per heavy atom. The molecule has 4 N–H and O–H groups in total. The third-order valence-electron chi connectivity index (χ3n) is 4.59. The lowest BCUT2D eigenvalue weighted by atomic mass is 10.1. The molecule has 26 heavy (non-hydrogen) atoms. The van der Waals surface area contributed by atoms with Crippen LogP contribution in [0.4, 0.5) is 11.4 Å². The van der Waals surface area contributed by atoms with Gasteiger partial charge in [0.25, 0.3) is 5.91 Å². The maximum absolute atomic E-state index is 12.6. The number of rotatable bonds is 5. The predicted octanol–water partition coefficient (Wildman–Crippen LogP) is 3.05. The Kier molecular flexibility index (Phi) is 5.29. The van der Waals surface area contributed by atoms with Crippen molar-refractivity contribution in [2.75, 3.05) is 11.1 Å². The summed E-state index contributed by atoms with van der Waals surface area (Å²) in [6.45, 7) is 1.86. The SMILES string of the molecule is Cc1ccc(N)cc1NC(=O)c1cccc(S(=O)(=O)NC2CCCC2)c1. The number of anilines is 2. The third kappa shape index (κ3) is 4.23. The number of carbonyl (C=O) groups is 1. The molecule has 7 heteroatoms. The van der Waals surface area contributed by atoms with E-state index in [4.69, 9.17) is 5.73 Å². The number of nitrogen functional groups attached to an aromatic ring is 1. The van der Waals surface area contributed by atoms with Crippen molar-refractivity contribution < 1.29 is 13.2 Å². The fraction of sp³-hybridized carbons (Fsp3) is 0.316. The molecule has 1 amide bonds. The zero-order valence-electron chi connectivity index (χ0n) is 14.7. The number of hydrogen-bond acceptors (Lipinski definition) is 4. The quantitative estimate of drug-likeness (QED) is 0.701. The molecule has 1 aliphatic carbocycles. The molecule has 0 atom stereocenters. The average molecular weight is 373 g/mol. The zero-order chi connectivity index (χ0) is 18.7. The Labute approximate surface area is 153 Å². The maximum atomic E-state index is 12.6. The minimum Gasteiger partial charge on any atom is -0.399 e. The van der Waals surface area contributed by atoms with Crippen molar-refractivity contribution in [3.63, 3.8) is 0 Å². The van der Waals surface area contributed by atoms with Gasteiger partial charge >= 0.3 is 0 Å². The molecular weight excluding hydrogens is 350 g/mol.